The molecule has 0 aromatic heterocycles. The Morgan fingerprint density at radius 1 is 1.00 bits per heavy atom. The number of hydrogen-bond acceptors (Lipinski definition) is 3. The van der Waals surface area contributed by atoms with Crippen LogP contribution in [0.25, 0.3) is 0 Å². The highest BCUT2D eigenvalue weighted by Gasteiger charge is 2.42. The van der Waals surface area contributed by atoms with E-state index in [-0.39, 0.29) is 25.6 Å². The SMILES string of the molecule is N#CC1CCN(C(=O)c2cc(C(F)(F)F)c(NCc3ccccc3)c(C(F)(F)F)c2)CC1. The van der Waals surface area contributed by atoms with E-state index < -0.39 is 40.6 Å². The van der Waals surface area contributed by atoms with Crippen LogP contribution in [0.1, 0.15) is 39.9 Å². The zero-order chi connectivity index (χ0) is 23.5. The Hall–Kier alpha value is -3.22. The van der Waals surface area contributed by atoms with Crippen LogP contribution in [0.5, 0.6) is 0 Å². The van der Waals surface area contributed by atoms with Gasteiger partial charge >= 0.3 is 12.4 Å². The second-order valence-corrected chi connectivity index (χ2v) is 7.48. The summed E-state index contributed by atoms with van der Waals surface area (Å²) < 4.78 is 82.5. The number of benzene rings is 2. The van der Waals surface area contributed by atoms with E-state index in [0.29, 0.717) is 30.5 Å². The maximum Gasteiger partial charge on any atom is 0.418 e. The first-order valence-electron chi connectivity index (χ1n) is 9.80. The summed E-state index contributed by atoms with van der Waals surface area (Å²) in [6.07, 6.45) is -9.61. The fraction of sp³-hybridized carbons (Fsp3) is 0.364. The molecule has 2 aromatic rings. The Bertz CT molecular complexity index is 968. The number of nitriles is 1. The van der Waals surface area contributed by atoms with Crippen molar-refractivity contribution in [1.29, 1.82) is 5.26 Å². The number of amides is 1. The number of alkyl halides is 6. The Balaban J connectivity index is 2.01. The number of halogens is 6. The molecule has 1 saturated heterocycles. The predicted octanol–water partition coefficient (Wildman–Crippen LogP) is 5.71. The highest BCUT2D eigenvalue weighted by atomic mass is 19.4. The molecule has 170 valence electrons. The van der Waals surface area contributed by atoms with Gasteiger partial charge in [-0.25, -0.2) is 0 Å². The molecule has 0 unspecified atom stereocenters. The lowest BCUT2D eigenvalue weighted by Crippen LogP contribution is -2.38. The van der Waals surface area contributed by atoms with Gasteiger partial charge < -0.3 is 10.2 Å². The van der Waals surface area contributed by atoms with Crippen LogP contribution < -0.4 is 5.32 Å². The van der Waals surface area contributed by atoms with Gasteiger partial charge in [0.25, 0.3) is 5.91 Å². The summed E-state index contributed by atoms with van der Waals surface area (Å²) in [6, 6.07) is 11.0. The zero-order valence-electron chi connectivity index (χ0n) is 16.7. The Morgan fingerprint density at radius 2 is 1.53 bits per heavy atom. The first kappa shape index (κ1) is 23.4. The van der Waals surface area contributed by atoms with E-state index >= 15 is 0 Å². The van der Waals surface area contributed by atoms with Crippen LogP contribution in [0.3, 0.4) is 0 Å². The summed E-state index contributed by atoms with van der Waals surface area (Å²) >= 11 is 0. The summed E-state index contributed by atoms with van der Waals surface area (Å²) in [6.45, 7) is -0.0799. The van der Waals surface area contributed by atoms with E-state index in [0.717, 1.165) is 0 Å². The third-order valence-corrected chi connectivity index (χ3v) is 5.27. The highest BCUT2D eigenvalue weighted by molar-refractivity contribution is 5.95. The van der Waals surface area contributed by atoms with Crippen molar-refractivity contribution in [2.45, 2.75) is 31.7 Å². The average molecular weight is 455 g/mol. The molecule has 10 heteroatoms. The van der Waals surface area contributed by atoms with E-state index in [9.17, 15) is 31.1 Å². The lowest BCUT2D eigenvalue weighted by Gasteiger charge is -2.30. The van der Waals surface area contributed by atoms with Gasteiger partial charge in [-0.2, -0.15) is 31.6 Å². The number of piperidine rings is 1. The molecule has 1 heterocycles. The number of anilines is 1. The predicted molar refractivity (Wildman–Crippen MR) is 104 cm³/mol. The molecule has 0 aliphatic carbocycles. The summed E-state index contributed by atoms with van der Waals surface area (Å²) in [5.41, 5.74) is -4.43. The smallest absolute Gasteiger partial charge is 0.380 e. The molecule has 4 nitrogen and oxygen atoms in total. The molecule has 0 saturated carbocycles. The third kappa shape index (κ3) is 5.33. The zero-order valence-corrected chi connectivity index (χ0v) is 16.7. The molecule has 1 aliphatic rings. The lowest BCUT2D eigenvalue weighted by atomic mass is 9.96. The minimum atomic E-state index is -5.12. The number of carbonyl (C=O) groups is 1. The van der Waals surface area contributed by atoms with Gasteiger partial charge in [0.05, 0.1) is 22.9 Å². The van der Waals surface area contributed by atoms with E-state index in [1.54, 1.807) is 30.3 Å². The average Bonchev–Trinajstić information content (AvgIpc) is 2.76. The number of carbonyl (C=O) groups excluding carboxylic acids is 1. The van der Waals surface area contributed by atoms with Gasteiger partial charge in [0.1, 0.15) is 0 Å². The molecule has 1 fully saturated rings. The van der Waals surface area contributed by atoms with Crippen molar-refractivity contribution in [3.05, 3.63) is 64.7 Å². The van der Waals surface area contributed by atoms with Crippen LogP contribution in [0.15, 0.2) is 42.5 Å². The van der Waals surface area contributed by atoms with E-state index in [4.69, 9.17) is 5.26 Å². The molecule has 0 bridgehead atoms. The van der Waals surface area contributed by atoms with Crippen LogP contribution in [-0.2, 0) is 18.9 Å². The molecule has 0 radical (unpaired) electrons. The van der Waals surface area contributed by atoms with Crippen LogP contribution in [0.2, 0.25) is 0 Å². The van der Waals surface area contributed by atoms with Crippen LogP contribution in [-0.4, -0.2) is 23.9 Å². The number of nitrogens with one attached hydrogen (secondary N) is 1. The molecule has 0 spiro atoms. The maximum absolute atomic E-state index is 13.8. The van der Waals surface area contributed by atoms with Crippen molar-refractivity contribution < 1.29 is 31.1 Å². The molecular weight excluding hydrogens is 436 g/mol. The second kappa shape index (κ2) is 9.10. The highest BCUT2D eigenvalue weighted by Crippen LogP contribution is 2.44. The van der Waals surface area contributed by atoms with E-state index in [1.807, 2.05) is 0 Å². The van der Waals surface area contributed by atoms with E-state index in [2.05, 4.69) is 11.4 Å². The topological polar surface area (TPSA) is 56.1 Å². The summed E-state index contributed by atoms with van der Waals surface area (Å²) in [7, 11) is 0. The number of hydrogen-bond donors (Lipinski definition) is 1. The maximum atomic E-state index is 13.8. The Kier molecular flexibility index (Phi) is 6.67. The van der Waals surface area contributed by atoms with Gasteiger partial charge in [0, 0.05) is 31.1 Å². The van der Waals surface area contributed by atoms with Crippen molar-refractivity contribution in [3.8, 4) is 6.07 Å². The van der Waals surface area contributed by atoms with Crippen molar-refractivity contribution >= 4 is 11.6 Å². The first-order chi connectivity index (χ1) is 15.0. The number of nitrogens with zero attached hydrogens (tertiary/aromatic N) is 2. The van der Waals surface area contributed by atoms with Crippen LogP contribution in [0.4, 0.5) is 32.0 Å². The second-order valence-electron chi connectivity index (χ2n) is 7.48. The Labute approximate surface area is 180 Å². The van der Waals surface area contributed by atoms with Gasteiger partial charge in [0.15, 0.2) is 0 Å². The minimum Gasteiger partial charge on any atom is -0.380 e. The molecule has 1 N–H and O–H groups in total. The van der Waals surface area contributed by atoms with Crippen LogP contribution in [0, 0.1) is 17.2 Å². The Morgan fingerprint density at radius 3 is 2.00 bits per heavy atom. The fourth-order valence-electron chi connectivity index (χ4n) is 3.58. The summed E-state index contributed by atoms with van der Waals surface area (Å²) in [5, 5.41) is 11.2. The van der Waals surface area contributed by atoms with Crippen molar-refractivity contribution in [3.63, 3.8) is 0 Å². The fourth-order valence-corrected chi connectivity index (χ4v) is 3.58. The van der Waals surface area contributed by atoms with Gasteiger partial charge in [0.2, 0.25) is 0 Å². The van der Waals surface area contributed by atoms with Crippen LogP contribution >= 0.6 is 0 Å². The van der Waals surface area contributed by atoms with Crippen molar-refractivity contribution in [2.24, 2.45) is 5.92 Å². The van der Waals surface area contributed by atoms with Crippen molar-refractivity contribution in [2.75, 3.05) is 18.4 Å². The lowest BCUT2D eigenvalue weighted by molar-refractivity contribution is -0.141. The summed E-state index contributed by atoms with van der Waals surface area (Å²) in [5.74, 6) is -1.22. The standard InChI is InChI=1S/C22H19F6N3O/c23-21(24,25)17-10-16(20(32)31-8-6-14(12-29)7-9-31)11-18(22(26,27)28)19(17)30-13-15-4-2-1-3-5-15/h1-5,10-11,14,30H,6-9,13H2. The number of likely N-dealkylation sites (tertiary alicyclic amines) is 1. The molecular formula is C22H19F6N3O. The van der Waals surface area contributed by atoms with Gasteiger partial charge in [-0.3, -0.25) is 4.79 Å². The molecule has 1 amide bonds. The minimum absolute atomic E-state index is 0.0910. The molecule has 3 rings (SSSR count). The monoisotopic (exact) mass is 455 g/mol. The molecule has 0 atom stereocenters. The number of rotatable bonds is 4. The largest absolute Gasteiger partial charge is 0.418 e. The van der Waals surface area contributed by atoms with Crippen molar-refractivity contribution in [1.82, 2.24) is 4.90 Å². The normalized spacial score (nSPS) is 15.3. The molecule has 32 heavy (non-hydrogen) atoms. The van der Waals surface area contributed by atoms with E-state index in [1.165, 1.54) is 4.90 Å². The van der Waals surface area contributed by atoms with Gasteiger partial charge in [-0.05, 0) is 30.5 Å². The quantitative estimate of drug-likeness (QED) is 0.601. The van der Waals surface area contributed by atoms with Gasteiger partial charge in [-0.15, -0.1) is 0 Å². The third-order valence-electron chi connectivity index (χ3n) is 5.27. The molecule has 2 aromatic carbocycles. The first-order valence-corrected chi connectivity index (χ1v) is 9.80. The van der Waals surface area contributed by atoms with Gasteiger partial charge in [-0.1, -0.05) is 30.3 Å². The molecule has 1 aliphatic heterocycles. The summed E-state index contributed by atoms with van der Waals surface area (Å²) in [4.78, 5) is 13.9.